The normalized spacial score (nSPS) is 10.3. The fourth-order valence-electron chi connectivity index (χ4n) is 1.05. The smallest absolute Gasteiger partial charge is 0.252 e. The summed E-state index contributed by atoms with van der Waals surface area (Å²) in [5, 5.41) is 0. The Morgan fingerprint density at radius 1 is 1.50 bits per heavy atom. The van der Waals surface area contributed by atoms with Gasteiger partial charge in [-0.05, 0) is 32.0 Å². The molecule has 14 heavy (non-hydrogen) atoms. The average Bonchev–Trinajstić information content (AvgIpc) is 2.07. The van der Waals surface area contributed by atoms with Crippen molar-refractivity contribution in [2.75, 3.05) is 0 Å². The summed E-state index contributed by atoms with van der Waals surface area (Å²) in [6.07, 6.45) is -0.0847. The number of benzene rings is 1. The summed E-state index contributed by atoms with van der Waals surface area (Å²) >= 11 is 0. The molecule has 3 nitrogen and oxygen atoms in total. The predicted octanol–water partition coefficient (Wildman–Crippen LogP) is 1.71. The van der Waals surface area contributed by atoms with Crippen LogP contribution in [0, 0.1) is 5.82 Å². The molecular weight excluding hydrogens is 185 g/mol. The molecule has 0 bridgehead atoms. The van der Waals surface area contributed by atoms with E-state index < -0.39 is 11.7 Å². The number of nitrogens with two attached hydrogens (primary N) is 1. The lowest BCUT2D eigenvalue weighted by atomic mass is 10.2. The zero-order valence-corrected chi connectivity index (χ0v) is 8.08. The second-order valence-corrected chi connectivity index (χ2v) is 3.17. The van der Waals surface area contributed by atoms with Crippen LogP contribution in [0.15, 0.2) is 18.2 Å². The second kappa shape index (κ2) is 4.09. The highest BCUT2D eigenvalue weighted by Crippen LogP contribution is 2.20. The molecule has 0 aliphatic heterocycles. The number of carbonyl (C=O) groups excluding carboxylic acids is 1. The maximum atomic E-state index is 12.8. The fraction of sp³-hybridized carbons (Fsp3) is 0.300. The molecule has 1 amide bonds. The van der Waals surface area contributed by atoms with Crippen molar-refractivity contribution in [3.05, 3.63) is 29.6 Å². The Hall–Kier alpha value is -1.58. The zero-order chi connectivity index (χ0) is 10.7. The molecule has 1 aromatic rings. The Labute approximate surface area is 81.7 Å². The standard InChI is InChI=1S/C10H12FNO2/c1-6(2)14-9-4-3-7(11)5-8(9)10(12)13/h3-6H,1-2H3,(H2,12,13). The van der Waals surface area contributed by atoms with E-state index in [0.717, 1.165) is 6.07 Å². The van der Waals surface area contributed by atoms with Crippen LogP contribution in [0.1, 0.15) is 24.2 Å². The van der Waals surface area contributed by atoms with Gasteiger partial charge in [-0.3, -0.25) is 4.79 Å². The van der Waals surface area contributed by atoms with Crippen LogP contribution in [0.25, 0.3) is 0 Å². The lowest BCUT2D eigenvalue weighted by molar-refractivity contribution is 0.0994. The molecule has 0 atom stereocenters. The molecule has 1 rings (SSSR count). The Morgan fingerprint density at radius 3 is 2.64 bits per heavy atom. The molecule has 0 aromatic heterocycles. The van der Waals surface area contributed by atoms with Gasteiger partial charge in [0.15, 0.2) is 0 Å². The Balaban J connectivity index is 3.08. The third kappa shape index (κ3) is 2.45. The van der Waals surface area contributed by atoms with Gasteiger partial charge in [0.1, 0.15) is 11.6 Å². The first-order chi connectivity index (χ1) is 6.50. The van der Waals surface area contributed by atoms with E-state index in [4.69, 9.17) is 10.5 Å². The molecule has 0 aliphatic carbocycles. The minimum Gasteiger partial charge on any atom is -0.490 e. The largest absolute Gasteiger partial charge is 0.490 e. The topological polar surface area (TPSA) is 52.3 Å². The molecule has 0 saturated heterocycles. The van der Waals surface area contributed by atoms with Gasteiger partial charge in [0, 0.05) is 0 Å². The molecule has 0 heterocycles. The molecule has 0 unspecified atom stereocenters. The van der Waals surface area contributed by atoms with Gasteiger partial charge in [0.05, 0.1) is 11.7 Å². The van der Waals surface area contributed by atoms with Crippen LogP contribution in [-0.4, -0.2) is 12.0 Å². The molecule has 4 heteroatoms. The van der Waals surface area contributed by atoms with Crippen molar-refractivity contribution in [2.24, 2.45) is 5.73 Å². The summed E-state index contributed by atoms with van der Waals surface area (Å²) < 4.78 is 18.1. The van der Waals surface area contributed by atoms with E-state index in [1.54, 1.807) is 0 Å². The van der Waals surface area contributed by atoms with E-state index >= 15 is 0 Å². The summed E-state index contributed by atoms with van der Waals surface area (Å²) in [5.41, 5.74) is 5.14. The zero-order valence-electron chi connectivity index (χ0n) is 8.08. The summed E-state index contributed by atoms with van der Waals surface area (Å²) in [6.45, 7) is 3.63. The molecule has 0 fully saturated rings. The fourth-order valence-corrected chi connectivity index (χ4v) is 1.05. The van der Waals surface area contributed by atoms with Gasteiger partial charge in [-0.2, -0.15) is 0 Å². The summed E-state index contributed by atoms with van der Waals surface area (Å²) in [7, 11) is 0. The number of primary amides is 1. The van der Waals surface area contributed by atoms with E-state index in [0.29, 0.717) is 5.75 Å². The summed E-state index contributed by atoms with van der Waals surface area (Å²) in [4.78, 5) is 10.9. The van der Waals surface area contributed by atoms with Crippen LogP contribution in [-0.2, 0) is 0 Å². The van der Waals surface area contributed by atoms with Gasteiger partial charge in [-0.1, -0.05) is 0 Å². The second-order valence-electron chi connectivity index (χ2n) is 3.17. The van der Waals surface area contributed by atoms with E-state index in [-0.39, 0.29) is 11.7 Å². The molecule has 0 radical (unpaired) electrons. The Kier molecular flexibility index (Phi) is 3.06. The van der Waals surface area contributed by atoms with Crippen molar-refractivity contribution >= 4 is 5.91 Å². The van der Waals surface area contributed by atoms with E-state index in [1.165, 1.54) is 12.1 Å². The summed E-state index contributed by atoms with van der Waals surface area (Å²) in [6, 6.07) is 3.69. The molecule has 0 spiro atoms. The van der Waals surface area contributed by atoms with Gasteiger partial charge in [-0.15, -0.1) is 0 Å². The van der Waals surface area contributed by atoms with Crippen molar-refractivity contribution < 1.29 is 13.9 Å². The van der Waals surface area contributed by atoms with Crippen LogP contribution in [0.2, 0.25) is 0 Å². The molecule has 0 saturated carbocycles. The maximum Gasteiger partial charge on any atom is 0.252 e. The quantitative estimate of drug-likeness (QED) is 0.801. The van der Waals surface area contributed by atoms with Crippen molar-refractivity contribution in [2.45, 2.75) is 20.0 Å². The van der Waals surface area contributed by atoms with Crippen LogP contribution >= 0.6 is 0 Å². The van der Waals surface area contributed by atoms with Crippen molar-refractivity contribution in [3.63, 3.8) is 0 Å². The van der Waals surface area contributed by atoms with Crippen molar-refractivity contribution in [3.8, 4) is 5.75 Å². The van der Waals surface area contributed by atoms with Gasteiger partial charge in [-0.25, -0.2) is 4.39 Å². The van der Waals surface area contributed by atoms with Crippen LogP contribution in [0.4, 0.5) is 4.39 Å². The number of halogens is 1. The highest BCUT2D eigenvalue weighted by Gasteiger charge is 2.11. The van der Waals surface area contributed by atoms with E-state index in [1.807, 2.05) is 13.8 Å². The van der Waals surface area contributed by atoms with Gasteiger partial charge >= 0.3 is 0 Å². The monoisotopic (exact) mass is 197 g/mol. The first-order valence-electron chi connectivity index (χ1n) is 4.26. The van der Waals surface area contributed by atoms with Crippen molar-refractivity contribution in [1.82, 2.24) is 0 Å². The number of hydrogen-bond acceptors (Lipinski definition) is 2. The Bertz CT molecular complexity index is 350. The average molecular weight is 197 g/mol. The van der Waals surface area contributed by atoms with E-state index in [2.05, 4.69) is 0 Å². The third-order valence-corrected chi connectivity index (χ3v) is 1.57. The highest BCUT2D eigenvalue weighted by molar-refractivity contribution is 5.95. The van der Waals surface area contributed by atoms with Gasteiger partial charge in [0.2, 0.25) is 0 Å². The number of rotatable bonds is 3. The van der Waals surface area contributed by atoms with Crippen LogP contribution in [0.5, 0.6) is 5.75 Å². The third-order valence-electron chi connectivity index (χ3n) is 1.57. The number of hydrogen-bond donors (Lipinski definition) is 1. The Morgan fingerprint density at radius 2 is 2.14 bits per heavy atom. The highest BCUT2D eigenvalue weighted by atomic mass is 19.1. The van der Waals surface area contributed by atoms with Gasteiger partial charge in [0.25, 0.3) is 5.91 Å². The first-order valence-corrected chi connectivity index (χ1v) is 4.26. The number of ether oxygens (including phenoxy) is 1. The lowest BCUT2D eigenvalue weighted by Gasteiger charge is -2.12. The molecule has 1 aromatic carbocycles. The predicted molar refractivity (Wildman–Crippen MR) is 50.7 cm³/mol. The van der Waals surface area contributed by atoms with E-state index in [9.17, 15) is 9.18 Å². The molecule has 76 valence electrons. The first kappa shape index (κ1) is 10.5. The number of carbonyl (C=O) groups is 1. The van der Waals surface area contributed by atoms with Crippen molar-refractivity contribution in [1.29, 1.82) is 0 Å². The lowest BCUT2D eigenvalue weighted by Crippen LogP contribution is -2.15. The SMILES string of the molecule is CC(C)Oc1ccc(F)cc1C(N)=O. The molecule has 0 aliphatic rings. The summed E-state index contributed by atoms with van der Waals surface area (Å²) in [5.74, 6) is -0.885. The van der Waals surface area contributed by atoms with Crippen LogP contribution < -0.4 is 10.5 Å². The van der Waals surface area contributed by atoms with Crippen LogP contribution in [0.3, 0.4) is 0 Å². The molecular formula is C10H12FNO2. The number of amides is 1. The minimum absolute atomic E-state index is 0.0682. The van der Waals surface area contributed by atoms with Gasteiger partial charge < -0.3 is 10.5 Å². The maximum absolute atomic E-state index is 12.8. The molecule has 2 N–H and O–H groups in total. The minimum atomic E-state index is -0.694.